The van der Waals surface area contributed by atoms with Crippen LogP contribution in [0.15, 0.2) is 61.2 Å². The molecule has 2 unspecified atom stereocenters. The molecule has 168 valence electrons. The number of nitrogens with zero attached hydrogens (tertiary/aromatic N) is 1. The highest BCUT2D eigenvalue weighted by atomic mass is 16.6. The first kappa shape index (κ1) is 21.3. The van der Waals surface area contributed by atoms with Crippen LogP contribution < -0.4 is 0 Å². The summed E-state index contributed by atoms with van der Waals surface area (Å²) >= 11 is 0. The Bertz CT molecular complexity index is 940. The second-order valence-electron chi connectivity index (χ2n) is 9.76. The van der Waals surface area contributed by atoms with Crippen LogP contribution in [0.25, 0.3) is 11.1 Å². The molecule has 2 aromatic carbocycles. The van der Waals surface area contributed by atoms with Crippen molar-refractivity contribution in [1.29, 1.82) is 0 Å². The Kier molecular flexibility index (Phi) is 5.81. The summed E-state index contributed by atoms with van der Waals surface area (Å²) in [6.45, 7) is 4.14. The summed E-state index contributed by atoms with van der Waals surface area (Å²) in [5, 5.41) is 11.2. The van der Waals surface area contributed by atoms with Crippen LogP contribution in [0.2, 0.25) is 0 Å². The van der Waals surface area contributed by atoms with Gasteiger partial charge in [-0.2, -0.15) is 0 Å². The van der Waals surface area contributed by atoms with Crippen LogP contribution >= 0.6 is 0 Å². The summed E-state index contributed by atoms with van der Waals surface area (Å²) < 4.78 is 5.97. The van der Waals surface area contributed by atoms with Gasteiger partial charge in [0.2, 0.25) is 0 Å². The van der Waals surface area contributed by atoms with Crippen LogP contribution in [0.1, 0.15) is 68.4 Å². The monoisotopic (exact) mass is 431 g/mol. The predicted octanol–water partition coefficient (Wildman–Crippen LogP) is 6.04. The molecule has 2 aromatic rings. The van der Waals surface area contributed by atoms with Crippen molar-refractivity contribution in [3.05, 3.63) is 72.3 Å². The van der Waals surface area contributed by atoms with Gasteiger partial charge in [0.25, 0.3) is 0 Å². The van der Waals surface area contributed by atoms with E-state index in [9.17, 15) is 9.90 Å². The van der Waals surface area contributed by atoms with E-state index in [0.29, 0.717) is 19.4 Å². The van der Waals surface area contributed by atoms with E-state index in [2.05, 4.69) is 55.1 Å². The highest BCUT2D eigenvalue weighted by molar-refractivity contribution is 5.79. The van der Waals surface area contributed by atoms with Crippen LogP contribution in [0, 0.1) is 0 Å². The summed E-state index contributed by atoms with van der Waals surface area (Å²) in [5.41, 5.74) is 4.28. The van der Waals surface area contributed by atoms with Crippen molar-refractivity contribution in [2.45, 2.75) is 75.0 Å². The first-order chi connectivity index (χ1) is 15.6. The second-order valence-corrected chi connectivity index (χ2v) is 9.76. The Balaban J connectivity index is 1.28. The zero-order valence-electron chi connectivity index (χ0n) is 18.7. The molecule has 0 spiro atoms. The summed E-state index contributed by atoms with van der Waals surface area (Å²) in [4.78, 5) is 15.2. The number of hydrogen-bond donors (Lipinski definition) is 1. The Morgan fingerprint density at radius 3 is 2.25 bits per heavy atom. The van der Waals surface area contributed by atoms with Crippen molar-refractivity contribution < 1.29 is 14.6 Å². The number of carbonyl (C=O) groups excluding carboxylic acids is 1. The van der Waals surface area contributed by atoms with E-state index in [1.807, 2.05) is 11.0 Å². The summed E-state index contributed by atoms with van der Waals surface area (Å²) in [7, 11) is 0. The van der Waals surface area contributed by atoms with Crippen LogP contribution in [0.4, 0.5) is 4.79 Å². The molecule has 1 N–H and O–H groups in total. The van der Waals surface area contributed by atoms with Crippen molar-refractivity contribution >= 4 is 6.09 Å². The maximum atomic E-state index is 13.3. The van der Waals surface area contributed by atoms with E-state index in [-0.39, 0.29) is 24.1 Å². The Morgan fingerprint density at radius 2 is 1.66 bits per heavy atom. The molecule has 2 atom stereocenters. The molecule has 2 bridgehead atoms. The lowest BCUT2D eigenvalue weighted by Crippen LogP contribution is -2.60. The van der Waals surface area contributed by atoms with Gasteiger partial charge in [-0.15, -0.1) is 6.58 Å². The average Bonchev–Trinajstić information content (AvgIpc) is 3.11. The van der Waals surface area contributed by atoms with E-state index in [1.54, 1.807) is 0 Å². The molecule has 1 amide bonds. The molecule has 2 aliphatic heterocycles. The normalized spacial score (nSPS) is 26.3. The van der Waals surface area contributed by atoms with Gasteiger partial charge in [-0.05, 0) is 73.6 Å². The molecule has 32 heavy (non-hydrogen) atoms. The number of aliphatic hydroxyl groups is 1. The fourth-order valence-corrected chi connectivity index (χ4v) is 6.27. The number of piperidine rings is 2. The molecule has 0 radical (unpaired) electrons. The van der Waals surface area contributed by atoms with E-state index in [4.69, 9.17) is 4.74 Å². The lowest BCUT2D eigenvalue weighted by Gasteiger charge is -2.51. The van der Waals surface area contributed by atoms with Gasteiger partial charge in [-0.1, -0.05) is 54.6 Å². The second kappa shape index (κ2) is 8.74. The zero-order chi connectivity index (χ0) is 22.1. The molecule has 0 aromatic heterocycles. The van der Waals surface area contributed by atoms with E-state index >= 15 is 0 Å². The van der Waals surface area contributed by atoms with E-state index < -0.39 is 5.60 Å². The summed E-state index contributed by atoms with van der Waals surface area (Å²) in [5.74, 6) is 0.0758. The summed E-state index contributed by atoms with van der Waals surface area (Å²) in [6, 6.07) is 17.0. The molecule has 4 heteroatoms. The molecular formula is C28H33NO3. The lowest BCUT2D eigenvalue weighted by atomic mass is 9.74. The lowest BCUT2D eigenvalue weighted by molar-refractivity contribution is -0.0890. The molecular weight excluding hydrogens is 398 g/mol. The van der Waals surface area contributed by atoms with Crippen molar-refractivity contribution in [3.8, 4) is 11.1 Å². The van der Waals surface area contributed by atoms with E-state index in [1.165, 1.54) is 22.3 Å². The Labute approximate surface area is 190 Å². The van der Waals surface area contributed by atoms with E-state index in [0.717, 1.165) is 38.5 Å². The van der Waals surface area contributed by atoms with Crippen molar-refractivity contribution in [2.24, 2.45) is 0 Å². The maximum Gasteiger partial charge on any atom is 0.410 e. The molecule has 0 saturated carbocycles. The van der Waals surface area contributed by atoms with Gasteiger partial charge in [0.15, 0.2) is 0 Å². The number of fused-ring (bicyclic) bond motifs is 5. The van der Waals surface area contributed by atoms with Crippen LogP contribution in [0.5, 0.6) is 0 Å². The summed E-state index contributed by atoms with van der Waals surface area (Å²) in [6.07, 6.45) is 8.68. The highest BCUT2D eigenvalue weighted by Crippen LogP contribution is 2.45. The van der Waals surface area contributed by atoms with Crippen molar-refractivity contribution in [1.82, 2.24) is 4.90 Å². The van der Waals surface area contributed by atoms with Crippen LogP contribution in [-0.4, -0.2) is 40.4 Å². The van der Waals surface area contributed by atoms with Crippen molar-refractivity contribution in [2.75, 3.05) is 6.61 Å². The number of allylic oxidation sites excluding steroid dienone is 1. The number of benzene rings is 2. The number of hydrogen-bond acceptors (Lipinski definition) is 3. The standard InChI is InChI=1S/C28H33NO3/c1-2-3-8-16-28(31)17-20-10-9-11-21(18-28)29(20)27(30)32-19-26-24-14-6-4-12-22(24)23-13-5-7-15-25(23)26/h2,4-7,12-15,20-21,26,31H,1,3,8-11,16-19H2. The average molecular weight is 432 g/mol. The fraction of sp³-hybridized carbons (Fsp3) is 0.464. The maximum absolute atomic E-state index is 13.3. The Hall–Kier alpha value is -2.59. The Morgan fingerprint density at radius 1 is 1.06 bits per heavy atom. The fourth-order valence-electron chi connectivity index (χ4n) is 6.27. The zero-order valence-corrected chi connectivity index (χ0v) is 18.7. The van der Waals surface area contributed by atoms with Crippen LogP contribution in [-0.2, 0) is 4.74 Å². The number of amides is 1. The first-order valence-electron chi connectivity index (χ1n) is 12.1. The number of rotatable bonds is 6. The minimum atomic E-state index is -0.668. The van der Waals surface area contributed by atoms with Gasteiger partial charge in [0, 0.05) is 18.0 Å². The minimum Gasteiger partial charge on any atom is -0.448 e. The highest BCUT2D eigenvalue weighted by Gasteiger charge is 2.47. The number of unbranched alkanes of at least 4 members (excludes halogenated alkanes) is 1. The van der Waals surface area contributed by atoms with Gasteiger partial charge >= 0.3 is 6.09 Å². The third-order valence-electron chi connectivity index (χ3n) is 7.69. The molecule has 3 aliphatic rings. The van der Waals surface area contributed by atoms with Crippen molar-refractivity contribution in [3.63, 3.8) is 0 Å². The smallest absolute Gasteiger partial charge is 0.410 e. The third kappa shape index (κ3) is 3.86. The van der Waals surface area contributed by atoms with Gasteiger partial charge in [0.1, 0.15) is 6.61 Å². The van der Waals surface area contributed by atoms with Gasteiger partial charge in [-0.3, -0.25) is 0 Å². The van der Waals surface area contributed by atoms with Crippen LogP contribution in [0.3, 0.4) is 0 Å². The molecule has 2 saturated heterocycles. The molecule has 1 aliphatic carbocycles. The van der Waals surface area contributed by atoms with Gasteiger partial charge in [-0.25, -0.2) is 4.79 Å². The third-order valence-corrected chi connectivity index (χ3v) is 7.69. The SMILES string of the molecule is C=CCCCC1(O)CC2CCCC(C1)N2C(=O)OCC1c2ccccc2-c2ccccc21. The molecule has 5 rings (SSSR count). The number of carbonyl (C=O) groups is 1. The predicted molar refractivity (Wildman–Crippen MR) is 127 cm³/mol. The minimum absolute atomic E-state index is 0.0758. The van der Waals surface area contributed by atoms with Gasteiger partial charge < -0.3 is 14.7 Å². The quantitative estimate of drug-likeness (QED) is 0.448. The molecule has 2 heterocycles. The number of ether oxygens (including phenoxy) is 1. The largest absolute Gasteiger partial charge is 0.448 e. The van der Waals surface area contributed by atoms with Gasteiger partial charge in [0.05, 0.1) is 5.60 Å². The molecule has 4 nitrogen and oxygen atoms in total. The molecule has 2 fully saturated rings. The first-order valence-corrected chi connectivity index (χ1v) is 12.1. The topological polar surface area (TPSA) is 49.8 Å².